The molecule has 7 heteroatoms. The summed E-state index contributed by atoms with van der Waals surface area (Å²) in [6, 6.07) is 12.4. The van der Waals surface area contributed by atoms with Gasteiger partial charge in [-0.15, -0.1) is 0 Å². The van der Waals surface area contributed by atoms with Gasteiger partial charge < -0.3 is 14.8 Å². The van der Waals surface area contributed by atoms with Crippen molar-refractivity contribution in [1.29, 1.82) is 0 Å². The number of amides is 1. The van der Waals surface area contributed by atoms with E-state index < -0.39 is 5.97 Å². The van der Waals surface area contributed by atoms with Gasteiger partial charge in [0.1, 0.15) is 5.76 Å². The maximum atomic E-state index is 12.7. The quantitative estimate of drug-likeness (QED) is 0.720. The van der Waals surface area contributed by atoms with Gasteiger partial charge in [-0.05, 0) is 24.3 Å². The fourth-order valence-corrected chi connectivity index (χ4v) is 2.66. The molecule has 0 aliphatic heterocycles. The topological polar surface area (TPSA) is 97.4 Å². The summed E-state index contributed by atoms with van der Waals surface area (Å²) in [5.74, 6) is -1.23. The number of nitrogens with zero attached hydrogens (tertiary/aromatic N) is 2. The number of para-hydroxylation sites is 1. The monoisotopic (exact) mass is 367 g/mol. The van der Waals surface area contributed by atoms with E-state index in [-0.39, 0.29) is 23.6 Å². The number of furan rings is 1. The SMILES string of the molecule is CC(C)(C)c1nn(-c2ccccc2)cc1C(=O)NCc1ccc(C(=O)O)o1. The van der Waals surface area contributed by atoms with E-state index in [9.17, 15) is 9.59 Å². The van der Waals surface area contributed by atoms with Crippen molar-refractivity contribution in [2.24, 2.45) is 0 Å². The first-order valence-electron chi connectivity index (χ1n) is 8.51. The lowest BCUT2D eigenvalue weighted by atomic mass is 9.89. The van der Waals surface area contributed by atoms with Crippen LogP contribution in [0.5, 0.6) is 0 Å². The summed E-state index contributed by atoms with van der Waals surface area (Å²) in [7, 11) is 0. The highest BCUT2D eigenvalue weighted by atomic mass is 16.4. The molecule has 7 nitrogen and oxygen atoms in total. The van der Waals surface area contributed by atoms with Gasteiger partial charge in [-0.3, -0.25) is 4.79 Å². The molecular weight excluding hydrogens is 346 g/mol. The number of rotatable bonds is 5. The molecule has 0 spiro atoms. The zero-order valence-electron chi connectivity index (χ0n) is 15.4. The second kappa shape index (κ2) is 7.11. The van der Waals surface area contributed by atoms with Crippen LogP contribution in [0, 0.1) is 0 Å². The van der Waals surface area contributed by atoms with Gasteiger partial charge in [0.25, 0.3) is 5.91 Å². The van der Waals surface area contributed by atoms with Crippen molar-refractivity contribution in [3.8, 4) is 5.69 Å². The third-order valence-corrected chi connectivity index (χ3v) is 3.99. The summed E-state index contributed by atoms with van der Waals surface area (Å²) in [5.41, 5.74) is 1.68. The van der Waals surface area contributed by atoms with Crippen molar-refractivity contribution in [1.82, 2.24) is 15.1 Å². The van der Waals surface area contributed by atoms with Crippen molar-refractivity contribution in [3.63, 3.8) is 0 Å². The molecule has 2 heterocycles. The van der Waals surface area contributed by atoms with Crippen molar-refractivity contribution >= 4 is 11.9 Å². The van der Waals surface area contributed by atoms with Gasteiger partial charge >= 0.3 is 5.97 Å². The number of carboxylic acid groups (broad SMARTS) is 1. The molecule has 0 saturated heterocycles. The van der Waals surface area contributed by atoms with Crippen LogP contribution in [0.3, 0.4) is 0 Å². The molecule has 2 N–H and O–H groups in total. The first kappa shape index (κ1) is 18.4. The first-order valence-corrected chi connectivity index (χ1v) is 8.51. The maximum Gasteiger partial charge on any atom is 0.371 e. The second-order valence-electron chi connectivity index (χ2n) is 7.18. The predicted molar refractivity (Wildman–Crippen MR) is 99.1 cm³/mol. The van der Waals surface area contributed by atoms with Crippen LogP contribution in [0.25, 0.3) is 5.69 Å². The average molecular weight is 367 g/mol. The Balaban J connectivity index is 1.84. The fraction of sp³-hybridized carbons (Fsp3) is 0.250. The van der Waals surface area contributed by atoms with Gasteiger partial charge in [0.15, 0.2) is 0 Å². The number of hydrogen-bond acceptors (Lipinski definition) is 4. The van der Waals surface area contributed by atoms with Gasteiger partial charge in [-0.25, -0.2) is 9.48 Å². The summed E-state index contributed by atoms with van der Waals surface area (Å²) in [4.78, 5) is 23.6. The average Bonchev–Trinajstić information content (AvgIpc) is 3.27. The van der Waals surface area contributed by atoms with Crippen LogP contribution in [0.1, 0.15) is 53.1 Å². The summed E-state index contributed by atoms with van der Waals surface area (Å²) in [6.07, 6.45) is 1.70. The number of hydrogen-bond donors (Lipinski definition) is 2. The number of nitrogens with one attached hydrogen (secondary N) is 1. The molecule has 0 atom stereocenters. The minimum atomic E-state index is -1.15. The van der Waals surface area contributed by atoms with E-state index in [1.165, 1.54) is 12.1 Å². The van der Waals surface area contributed by atoms with Gasteiger partial charge in [0.2, 0.25) is 5.76 Å². The molecule has 0 unspecified atom stereocenters. The van der Waals surface area contributed by atoms with Crippen molar-refractivity contribution in [3.05, 3.63) is 71.4 Å². The summed E-state index contributed by atoms with van der Waals surface area (Å²) < 4.78 is 6.85. The molecule has 1 aromatic carbocycles. The minimum Gasteiger partial charge on any atom is -0.475 e. The molecule has 3 aromatic rings. The Labute approximate surface area is 156 Å². The molecule has 0 bridgehead atoms. The lowest BCUT2D eigenvalue weighted by Gasteiger charge is -2.17. The largest absolute Gasteiger partial charge is 0.475 e. The van der Waals surface area contributed by atoms with Crippen molar-refractivity contribution in [2.75, 3.05) is 0 Å². The molecule has 0 aliphatic rings. The summed E-state index contributed by atoms with van der Waals surface area (Å²) >= 11 is 0. The molecule has 3 rings (SSSR count). The first-order chi connectivity index (χ1) is 12.8. The van der Waals surface area contributed by atoms with E-state index in [1.54, 1.807) is 10.9 Å². The van der Waals surface area contributed by atoms with Crippen LogP contribution in [0.4, 0.5) is 0 Å². The lowest BCUT2D eigenvalue weighted by molar-refractivity contribution is 0.0660. The molecule has 27 heavy (non-hydrogen) atoms. The highest BCUT2D eigenvalue weighted by molar-refractivity contribution is 5.95. The predicted octanol–water partition coefficient (Wildman–Crippen LogP) is 3.39. The summed E-state index contributed by atoms with van der Waals surface area (Å²) in [5, 5.41) is 16.3. The minimum absolute atomic E-state index is 0.0895. The van der Waals surface area contributed by atoms with Crippen LogP contribution >= 0.6 is 0 Å². The van der Waals surface area contributed by atoms with Crippen LogP contribution in [-0.4, -0.2) is 26.8 Å². The second-order valence-corrected chi connectivity index (χ2v) is 7.18. The smallest absolute Gasteiger partial charge is 0.371 e. The van der Waals surface area contributed by atoms with Gasteiger partial charge in [0.05, 0.1) is 23.5 Å². The molecule has 1 amide bonds. The molecule has 2 aromatic heterocycles. The van der Waals surface area contributed by atoms with Gasteiger partial charge in [-0.1, -0.05) is 39.0 Å². The van der Waals surface area contributed by atoms with E-state index in [1.807, 2.05) is 51.1 Å². The summed E-state index contributed by atoms with van der Waals surface area (Å²) in [6.45, 7) is 6.07. The highest BCUT2D eigenvalue weighted by Gasteiger charge is 2.26. The maximum absolute atomic E-state index is 12.7. The van der Waals surface area contributed by atoms with Crippen LogP contribution in [-0.2, 0) is 12.0 Å². The normalized spacial score (nSPS) is 11.4. The van der Waals surface area contributed by atoms with Gasteiger partial charge in [-0.2, -0.15) is 5.10 Å². The van der Waals surface area contributed by atoms with Crippen molar-refractivity contribution in [2.45, 2.75) is 32.7 Å². The Kier molecular flexibility index (Phi) is 4.85. The fourth-order valence-electron chi connectivity index (χ4n) is 2.66. The standard InChI is InChI=1S/C20H21N3O4/c1-20(2,3)17-15(12-23(22-17)13-7-5-4-6-8-13)18(24)21-11-14-9-10-16(27-14)19(25)26/h4-10,12H,11H2,1-3H3,(H,21,24)(H,25,26). The van der Waals surface area contributed by atoms with E-state index in [0.717, 1.165) is 5.69 Å². The van der Waals surface area contributed by atoms with E-state index in [2.05, 4.69) is 10.4 Å². The Bertz CT molecular complexity index is 965. The zero-order valence-corrected chi connectivity index (χ0v) is 15.4. The number of benzene rings is 1. The van der Waals surface area contributed by atoms with Crippen LogP contribution < -0.4 is 5.32 Å². The number of aromatic carboxylic acids is 1. The third-order valence-electron chi connectivity index (χ3n) is 3.99. The lowest BCUT2D eigenvalue weighted by Crippen LogP contribution is -2.26. The number of carbonyl (C=O) groups excluding carboxylic acids is 1. The highest BCUT2D eigenvalue weighted by Crippen LogP contribution is 2.25. The Morgan fingerprint density at radius 2 is 1.85 bits per heavy atom. The third kappa shape index (κ3) is 4.08. The van der Waals surface area contributed by atoms with Gasteiger partial charge in [0, 0.05) is 11.6 Å². The number of carboxylic acids is 1. The number of aromatic nitrogens is 2. The van der Waals surface area contributed by atoms with E-state index >= 15 is 0 Å². The Hall–Kier alpha value is -3.35. The molecule has 0 saturated carbocycles. The van der Waals surface area contributed by atoms with Crippen molar-refractivity contribution < 1.29 is 19.1 Å². The number of carbonyl (C=O) groups is 2. The molecule has 140 valence electrons. The van der Waals surface area contributed by atoms with E-state index in [0.29, 0.717) is 17.0 Å². The van der Waals surface area contributed by atoms with Crippen LogP contribution in [0.2, 0.25) is 0 Å². The van der Waals surface area contributed by atoms with E-state index in [4.69, 9.17) is 9.52 Å². The molecule has 0 radical (unpaired) electrons. The van der Waals surface area contributed by atoms with Crippen LogP contribution in [0.15, 0.2) is 53.1 Å². The Morgan fingerprint density at radius 1 is 1.15 bits per heavy atom. The molecular formula is C20H21N3O4. The molecule has 0 aliphatic carbocycles. The molecule has 0 fully saturated rings. The Morgan fingerprint density at radius 3 is 2.44 bits per heavy atom. The zero-order chi connectivity index (χ0) is 19.6.